The predicted molar refractivity (Wildman–Crippen MR) is 117 cm³/mol. The first-order chi connectivity index (χ1) is 15.0. The number of thioether (sulfide) groups is 1. The number of rotatable bonds is 7. The van der Waals surface area contributed by atoms with Gasteiger partial charge in [0.05, 0.1) is 23.0 Å². The zero-order chi connectivity index (χ0) is 21.8. The molecular formula is C22H22N6O2S. The molecule has 0 aliphatic heterocycles. The van der Waals surface area contributed by atoms with Crippen LogP contribution in [0.15, 0.2) is 64.8 Å². The summed E-state index contributed by atoms with van der Waals surface area (Å²) in [6.07, 6.45) is 4.83. The van der Waals surface area contributed by atoms with Gasteiger partial charge in [-0.2, -0.15) is 5.10 Å². The second kappa shape index (κ2) is 9.13. The fourth-order valence-corrected chi connectivity index (χ4v) is 4.29. The van der Waals surface area contributed by atoms with Gasteiger partial charge in [0.1, 0.15) is 23.4 Å². The summed E-state index contributed by atoms with van der Waals surface area (Å²) in [5.74, 6) is 1.26. The maximum Gasteiger partial charge on any atom is 0.254 e. The van der Waals surface area contributed by atoms with Gasteiger partial charge in [0.15, 0.2) is 0 Å². The second-order valence-corrected chi connectivity index (χ2v) is 8.04. The number of pyridine rings is 1. The smallest absolute Gasteiger partial charge is 0.254 e. The Morgan fingerprint density at radius 2 is 2.03 bits per heavy atom. The van der Waals surface area contributed by atoms with Crippen molar-refractivity contribution in [1.29, 1.82) is 0 Å². The van der Waals surface area contributed by atoms with Gasteiger partial charge in [0, 0.05) is 17.5 Å². The van der Waals surface area contributed by atoms with Crippen LogP contribution in [0.25, 0.3) is 5.69 Å². The number of aryl methyl sites for hydroxylation is 2. The molecule has 9 heteroatoms. The van der Waals surface area contributed by atoms with Crippen LogP contribution in [0.3, 0.4) is 0 Å². The van der Waals surface area contributed by atoms with Gasteiger partial charge in [-0.1, -0.05) is 17.3 Å². The van der Waals surface area contributed by atoms with Crippen LogP contribution in [0.2, 0.25) is 0 Å². The molecule has 0 saturated heterocycles. The highest BCUT2D eigenvalue weighted by molar-refractivity contribution is 7.98. The lowest BCUT2D eigenvalue weighted by molar-refractivity contribution is 0.0936. The third kappa shape index (κ3) is 4.66. The van der Waals surface area contributed by atoms with E-state index in [2.05, 4.69) is 25.5 Å². The van der Waals surface area contributed by atoms with E-state index >= 15 is 0 Å². The van der Waals surface area contributed by atoms with Crippen molar-refractivity contribution in [3.05, 3.63) is 83.4 Å². The Balaban J connectivity index is 1.44. The van der Waals surface area contributed by atoms with Crippen LogP contribution in [0.5, 0.6) is 0 Å². The summed E-state index contributed by atoms with van der Waals surface area (Å²) < 4.78 is 6.91. The minimum atomic E-state index is -0.169. The van der Waals surface area contributed by atoms with E-state index in [1.807, 2.05) is 45.0 Å². The number of benzene rings is 1. The van der Waals surface area contributed by atoms with Crippen molar-refractivity contribution >= 4 is 17.7 Å². The monoisotopic (exact) mass is 434 g/mol. The van der Waals surface area contributed by atoms with E-state index in [1.54, 1.807) is 29.3 Å². The maximum absolute atomic E-state index is 13.0. The molecule has 0 aliphatic rings. The normalized spacial score (nSPS) is 12.0. The van der Waals surface area contributed by atoms with Crippen molar-refractivity contribution in [3.8, 4) is 5.69 Å². The molecule has 158 valence electrons. The van der Waals surface area contributed by atoms with Crippen LogP contribution in [-0.4, -0.2) is 30.8 Å². The van der Waals surface area contributed by atoms with Crippen LogP contribution in [0, 0.1) is 13.8 Å². The number of aromatic nitrogens is 5. The molecule has 1 N–H and O–H groups in total. The summed E-state index contributed by atoms with van der Waals surface area (Å²) in [4.78, 5) is 21.4. The second-order valence-electron chi connectivity index (χ2n) is 7.07. The molecule has 1 unspecified atom stereocenters. The van der Waals surface area contributed by atoms with Crippen LogP contribution in [0.1, 0.15) is 45.9 Å². The number of hydrogen-bond donors (Lipinski definition) is 1. The molecule has 0 fully saturated rings. The summed E-state index contributed by atoms with van der Waals surface area (Å²) >= 11 is 1.50. The van der Waals surface area contributed by atoms with Crippen molar-refractivity contribution in [2.45, 2.75) is 37.6 Å². The van der Waals surface area contributed by atoms with Gasteiger partial charge in [0.25, 0.3) is 5.91 Å². The Labute approximate surface area is 184 Å². The fraction of sp³-hybridized carbons (Fsp3) is 0.227. The summed E-state index contributed by atoms with van der Waals surface area (Å²) in [7, 11) is 0. The lowest BCUT2D eigenvalue weighted by atomic mass is 10.1. The quantitative estimate of drug-likeness (QED) is 0.438. The topological polar surface area (TPSA) is 98.7 Å². The average molecular weight is 435 g/mol. The molecule has 0 aliphatic carbocycles. The van der Waals surface area contributed by atoms with Crippen LogP contribution in [0.4, 0.5) is 0 Å². The van der Waals surface area contributed by atoms with Crippen LogP contribution >= 0.6 is 11.8 Å². The number of hydrogen-bond acceptors (Lipinski definition) is 7. The van der Waals surface area contributed by atoms with Crippen molar-refractivity contribution in [2.24, 2.45) is 0 Å². The van der Waals surface area contributed by atoms with Gasteiger partial charge in [0.2, 0.25) is 0 Å². The first kappa shape index (κ1) is 20.8. The van der Waals surface area contributed by atoms with Gasteiger partial charge in [-0.15, -0.1) is 11.8 Å². The van der Waals surface area contributed by atoms with Gasteiger partial charge in [-0.3, -0.25) is 4.79 Å². The first-order valence-electron chi connectivity index (χ1n) is 9.78. The third-order valence-corrected chi connectivity index (χ3v) is 6.01. The molecule has 1 amide bonds. The fourth-order valence-electron chi connectivity index (χ4n) is 3.14. The average Bonchev–Trinajstić information content (AvgIpc) is 3.43. The summed E-state index contributed by atoms with van der Waals surface area (Å²) in [5, 5.41) is 11.8. The van der Waals surface area contributed by atoms with E-state index in [4.69, 9.17) is 4.52 Å². The predicted octanol–water partition coefficient (Wildman–Crippen LogP) is 4.05. The van der Waals surface area contributed by atoms with E-state index in [0.29, 0.717) is 16.3 Å². The SMILES string of the molecule is Cc1noc(C)c1CSc1ncccc1C(=O)NC(C)c1ccc(-n2cncn2)cc1. The molecule has 0 radical (unpaired) electrons. The number of amides is 1. The van der Waals surface area contributed by atoms with Crippen molar-refractivity contribution < 1.29 is 9.32 Å². The number of carbonyl (C=O) groups excluding carboxylic acids is 1. The molecule has 4 aromatic rings. The highest BCUT2D eigenvalue weighted by Gasteiger charge is 2.17. The molecule has 31 heavy (non-hydrogen) atoms. The molecule has 1 aromatic carbocycles. The molecule has 0 spiro atoms. The van der Waals surface area contributed by atoms with Gasteiger partial charge in [-0.05, 0) is 50.6 Å². The molecular weight excluding hydrogens is 412 g/mol. The highest BCUT2D eigenvalue weighted by atomic mass is 32.2. The lowest BCUT2D eigenvalue weighted by Crippen LogP contribution is -2.27. The molecule has 8 nitrogen and oxygen atoms in total. The zero-order valence-electron chi connectivity index (χ0n) is 17.4. The third-order valence-electron chi connectivity index (χ3n) is 4.97. The van der Waals surface area contributed by atoms with Gasteiger partial charge in [-0.25, -0.2) is 14.6 Å². The number of nitrogens with one attached hydrogen (secondary N) is 1. The molecule has 0 bridgehead atoms. The minimum absolute atomic E-state index is 0.165. The van der Waals surface area contributed by atoms with E-state index in [-0.39, 0.29) is 11.9 Å². The lowest BCUT2D eigenvalue weighted by Gasteiger charge is -2.16. The summed E-state index contributed by atoms with van der Waals surface area (Å²) in [5.41, 5.74) is 4.33. The molecule has 4 rings (SSSR count). The zero-order valence-corrected chi connectivity index (χ0v) is 18.3. The molecule has 0 saturated carbocycles. The van der Waals surface area contributed by atoms with E-state index < -0.39 is 0 Å². The Morgan fingerprint density at radius 3 is 2.71 bits per heavy atom. The standard InChI is InChI=1S/C22H22N6O2S/c1-14(17-6-8-18(9-7-17)28-13-23-12-25-28)26-21(29)19-5-4-10-24-22(19)31-11-20-15(2)27-30-16(20)3/h4-10,12-14H,11H2,1-3H3,(H,26,29). The van der Waals surface area contributed by atoms with Crippen molar-refractivity contribution in [2.75, 3.05) is 0 Å². The van der Waals surface area contributed by atoms with Gasteiger partial charge < -0.3 is 9.84 Å². The summed E-state index contributed by atoms with van der Waals surface area (Å²) in [6, 6.07) is 11.2. The summed E-state index contributed by atoms with van der Waals surface area (Å²) in [6.45, 7) is 5.75. The van der Waals surface area contributed by atoms with Gasteiger partial charge >= 0.3 is 0 Å². The Hall–Kier alpha value is -3.46. The minimum Gasteiger partial charge on any atom is -0.361 e. The Morgan fingerprint density at radius 1 is 1.23 bits per heavy atom. The maximum atomic E-state index is 13.0. The van der Waals surface area contributed by atoms with E-state index in [0.717, 1.165) is 28.3 Å². The van der Waals surface area contributed by atoms with Crippen molar-refractivity contribution in [3.63, 3.8) is 0 Å². The van der Waals surface area contributed by atoms with Crippen molar-refractivity contribution in [1.82, 2.24) is 30.2 Å². The molecule has 3 heterocycles. The van der Waals surface area contributed by atoms with E-state index in [9.17, 15) is 4.79 Å². The first-order valence-corrected chi connectivity index (χ1v) is 10.8. The highest BCUT2D eigenvalue weighted by Crippen LogP contribution is 2.27. The molecule has 1 atom stereocenters. The number of carbonyl (C=O) groups is 1. The van der Waals surface area contributed by atoms with E-state index in [1.165, 1.54) is 18.1 Å². The van der Waals surface area contributed by atoms with Crippen LogP contribution < -0.4 is 5.32 Å². The number of nitrogens with zero attached hydrogens (tertiary/aromatic N) is 5. The molecule has 3 aromatic heterocycles. The Kier molecular flexibility index (Phi) is 6.13. The Bertz CT molecular complexity index is 1150. The largest absolute Gasteiger partial charge is 0.361 e. The van der Waals surface area contributed by atoms with Crippen LogP contribution in [-0.2, 0) is 5.75 Å².